The predicted octanol–water partition coefficient (Wildman–Crippen LogP) is 3.52. The molecule has 1 saturated carbocycles. The van der Waals surface area contributed by atoms with Gasteiger partial charge in [-0.1, -0.05) is 12.5 Å². The molecule has 5 nitrogen and oxygen atoms in total. The van der Waals surface area contributed by atoms with Gasteiger partial charge in [0.2, 0.25) is 0 Å². The minimum atomic E-state index is 0.469. The van der Waals surface area contributed by atoms with Gasteiger partial charge in [-0.25, -0.2) is 9.50 Å². The minimum Gasteiger partial charge on any atom is -0.300 e. The van der Waals surface area contributed by atoms with Crippen LogP contribution >= 0.6 is 0 Å². The van der Waals surface area contributed by atoms with E-state index in [1.54, 1.807) is 6.20 Å². The molecule has 1 aliphatic heterocycles. The molecule has 2 aliphatic rings. The van der Waals surface area contributed by atoms with Crippen molar-refractivity contribution in [3.63, 3.8) is 0 Å². The molecule has 1 atom stereocenters. The normalized spacial score (nSPS) is 22.2. The van der Waals surface area contributed by atoms with Crippen LogP contribution in [0.3, 0.4) is 0 Å². The van der Waals surface area contributed by atoms with Gasteiger partial charge in [0.15, 0.2) is 11.5 Å². The molecule has 2 fully saturated rings. The Labute approximate surface area is 147 Å². The Bertz CT molecular complexity index is 868. The highest BCUT2D eigenvalue weighted by Gasteiger charge is 2.31. The van der Waals surface area contributed by atoms with E-state index < -0.39 is 0 Å². The topological polar surface area (TPSA) is 46.3 Å². The highest BCUT2D eigenvalue weighted by Crippen LogP contribution is 2.32. The van der Waals surface area contributed by atoms with E-state index in [4.69, 9.17) is 10.1 Å². The smallest absolute Gasteiger partial charge is 0.156 e. The van der Waals surface area contributed by atoms with Crippen molar-refractivity contribution >= 4 is 5.65 Å². The third-order valence-electron chi connectivity index (χ3n) is 5.75. The Balaban J connectivity index is 1.42. The third-order valence-corrected chi connectivity index (χ3v) is 5.75. The molecule has 128 valence electrons. The van der Waals surface area contributed by atoms with E-state index in [1.807, 2.05) is 16.8 Å². The molecule has 0 bridgehead atoms. The first-order chi connectivity index (χ1) is 12.4. The zero-order valence-corrected chi connectivity index (χ0v) is 14.4. The van der Waals surface area contributed by atoms with E-state index >= 15 is 0 Å². The minimum absolute atomic E-state index is 0.469. The lowest BCUT2D eigenvalue weighted by Crippen LogP contribution is -2.45. The molecule has 0 unspecified atom stereocenters. The fourth-order valence-corrected chi connectivity index (χ4v) is 4.08. The number of hydrogen-bond acceptors (Lipinski definition) is 4. The summed E-state index contributed by atoms with van der Waals surface area (Å²) in [4.78, 5) is 11.7. The summed E-state index contributed by atoms with van der Waals surface area (Å²) in [5.74, 6) is 1.48. The summed E-state index contributed by atoms with van der Waals surface area (Å²) in [5.41, 5.74) is 3.16. The summed E-state index contributed by atoms with van der Waals surface area (Å²) < 4.78 is 1.93. The fourth-order valence-electron chi connectivity index (χ4n) is 4.08. The van der Waals surface area contributed by atoms with Crippen LogP contribution in [0, 0.1) is 0 Å². The van der Waals surface area contributed by atoms with E-state index in [-0.39, 0.29) is 0 Å². The van der Waals surface area contributed by atoms with Crippen molar-refractivity contribution in [1.29, 1.82) is 0 Å². The summed E-state index contributed by atoms with van der Waals surface area (Å²) in [6.45, 7) is 2.37. The Morgan fingerprint density at radius 1 is 1.00 bits per heavy atom. The number of hydrogen-bond donors (Lipinski definition) is 0. The van der Waals surface area contributed by atoms with Gasteiger partial charge in [-0.15, -0.1) is 0 Å². The molecule has 25 heavy (non-hydrogen) atoms. The molecule has 0 spiro atoms. The van der Waals surface area contributed by atoms with Crippen molar-refractivity contribution in [2.75, 3.05) is 13.1 Å². The van der Waals surface area contributed by atoms with Crippen LogP contribution in [0.1, 0.15) is 43.8 Å². The molecule has 0 amide bonds. The van der Waals surface area contributed by atoms with Gasteiger partial charge in [-0.05, 0) is 50.4 Å². The van der Waals surface area contributed by atoms with Crippen molar-refractivity contribution in [1.82, 2.24) is 24.5 Å². The summed E-state index contributed by atoms with van der Waals surface area (Å²) in [5, 5.41) is 4.82. The maximum atomic E-state index is 4.82. The number of piperidine rings is 1. The standard InChI is InChI=1S/C20H23N5/c1-6-18(7-1)24-11-3-5-17(13-24)20-22-19-9-8-16(14-25(19)23-20)15-4-2-10-21-12-15/h2,4,8-10,12,14,17-18H,1,3,5-7,11,13H2/t17-/m0/s1. The van der Waals surface area contributed by atoms with Gasteiger partial charge in [-0.3, -0.25) is 9.88 Å². The average Bonchev–Trinajstić information content (AvgIpc) is 3.04. The lowest BCUT2D eigenvalue weighted by molar-refractivity contribution is 0.0929. The molecule has 1 saturated heterocycles. The monoisotopic (exact) mass is 333 g/mol. The Morgan fingerprint density at radius 3 is 2.76 bits per heavy atom. The molecule has 3 aromatic heterocycles. The van der Waals surface area contributed by atoms with E-state index in [2.05, 4.69) is 34.3 Å². The van der Waals surface area contributed by atoms with Crippen LogP contribution in [0.4, 0.5) is 0 Å². The van der Waals surface area contributed by atoms with E-state index in [0.717, 1.165) is 35.2 Å². The molecule has 5 rings (SSSR count). The number of pyridine rings is 2. The van der Waals surface area contributed by atoms with Crippen LogP contribution in [0.25, 0.3) is 16.8 Å². The fraction of sp³-hybridized carbons (Fsp3) is 0.450. The van der Waals surface area contributed by atoms with Gasteiger partial charge in [0.1, 0.15) is 0 Å². The maximum Gasteiger partial charge on any atom is 0.156 e. The quantitative estimate of drug-likeness (QED) is 0.736. The van der Waals surface area contributed by atoms with Crippen LogP contribution in [-0.4, -0.2) is 43.6 Å². The van der Waals surface area contributed by atoms with Gasteiger partial charge in [0.25, 0.3) is 0 Å². The van der Waals surface area contributed by atoms with Crippen LogP contribution in [-0.2, 0) is 0 Å². The van der Waals surface area contributed by atoms with Crippen molar-refractivity contribution < 1.29 is 0 Å². The number of nitrogens with zero attached hydrogens (tertiary/aromatic N) is 5. The van der Waals surface area contributed by atoms with Crippen LogP contribution in [0.5, 0.6) is 0 Å². The first-order valence-electron chi connectivity index (χ1n) is 9.37. The van der Waals surface area contributed by atoms with E-state index in [9.17, 15) is 0 Å². The van der Waals surface area contributed by atoms with Gasteiger partial charge < -0.3 is 0 Å². The first-order valence-corrected chi connectivity index (χ1v) is 9.37. The summed E-state index contributed by atoms with van der Waals surface area (Å²) in [7, 11) is 0. The Kier molecular flexibility index (Phi) is 3.74. The zero-order chi connectivity index (χ0) is 16.6. The van der Waals surface area contributed by atoms with Crippen molar-refractivity contribution in [2.45, 2.75) is 44.1 Å². The van der Waals surface area contributed by atoms with Crippen molar-refractivity contribution in [3.8, 4) is 11.1 Å². The molecule has 5 heteroatoms. The van der Waals surface area contributed by atoms with E-state index in [0.29, 0.717) is 5.92 Å². The SMILES string of the molecule is c1cncc(-c2ccc3nc([C@H]4CCCN(C5CCC5)C4)nn3c2)c1. The second-order valence-corrected chi connectivity index (χ2v) is 7.35. The van der Waals surface area contributed by atoms with E-state index in [1.165, 1.54) is 38.6 Å². The second kappa shape index (κ2) is 6.23. The molecule has 1 aliphatic carbocycles. The number of fused-ring (bicyclic) bond motifs is 1. The van der Waals surface area contributed by atoms with Gasteiger partial charge in [0, 0.05) is 48.2 Å². The van der Waals surface area contributed by atoms with Gasteiger partial charge >= 0.3 is 0 Å². The summed E-state index contributed by atoms with van der Waals surface area (Å²) in [6, 6.07) is 9.02. The number of likely N-dealkylation sites (tertiary alicyclic amines) is 1. The van der Waals surface area contributed by atoms with Crippen LogP contribution in [0.2, 0.25) is 0 Å². The van der Waals surface area contributed by atoms with Crippen molar-refractivity contribution in [3.05, 3.63) is 48.7 Å². The maximum absolute atomic E-state index is 4.82. The number of rotatable bonds is 3. The van der Waals surface area contributed by atoms with Gasteiger partial charge in [-0.2, -0.15) is 5.10 Å². The van der Waals surface area contributed by atoms with Gasteiger partial charge in [0.05, 0.1) is 0 Å². The largest absolute Gasteiger partial charge is 0.300 e. The lowest BCUT2D eigenvalue weighted by atomic mass is 9.87. The molecule has 3 aromatic rings. The highest BCUT2D eigenvalue weighted by molar-refractivity contribution is 5.63. The molecular weight excluding hydrogens is 310 g/mol. The Morgan fingerprint density at radius 2 is 1.96 bits per heavy atom. The molecular formula is C20H23N5. The molecule has 0 N–H and O–H groups in total. The van der Waals surface area contributed by atoms with Crippen molar-refractivity contribution in [2.24, 2.45) is 0 Å². The highest BCUT2D eigenvalue weighted by atomic mass is 15.3. The van der Waals surface area contributed by atoms with Crippen LogP contribution < -0.4 is 0 Å². The zero-order valence-electron chi connectivity index (χ0n) is 14.4. The molecule has 4 heterocycles. The first kappa shape index (κ1) is 15.0. The molecule has 0 aromatic carbocycles. The second-order valence-electron chi connectivity index (χ2n) is 7.35. The Hall–Kier alpha value is -2.27. The third kappa shape index (κ3) is 2.82. The average molecular weight is 333 g/mol. The number of aromatic nitrogens is 4. The summed E-state index contributed by atoms with van der Waals surface area (Å²) in [6.07, 6.45) is 12.4. The molecule has 0 radical (unpaired) electrons. The predicted molar refractivity (Wildman–Crippen MR) is 97.4 cm³/mol. The summed E-state index contributed by atoms with van der Waals surface area (Å²) >= 11 is 0. The van der Waals surface area contributed by atoms with Crippen LogP contribution in [0.15, 0.2) is 42.9 Å². The lowest BCUT2D eigenvalue weighted by Gasteiger charge is -2.41.